The number of hydrogen-bond acceptors (Lipinski definition) is 4. The summed E-state index contributed by atoms with van der Waals surface area (Å²) in [6.45, 7) is -0.574. The second-order valence-corrected chi connectivity index (χ2v) is 2.71. The molecular formula is C7H9BO4. The van der Waals surface area contributed by atoms with E-state index < -0.39 is 30.4 Å². The van der Waals surface area contributed by atoms with Crippen LogP contribution in [0, 0.1) is 12.3 Å². The first-order valence-electron chi connectivity index (χ1n) is 3.45. The fourth-order valence-corrected chi connectivity index (χ4v) is 1.13. The number of hydrogen-bond donors (Lipinski definition) is 3. The van der Waals surface area contributed by atoms with E-state index in [1.54, 1.807) is 0 Å². The maximum Gasteiger partial charge on any atom is 0.178 e. The average molecular weight is 168 g/mol. The molecule has 12 heavy (non-hydrogen) atoms. The highest BCUT2D eigenvalue weighted by atomic mass is 16.6. The van der Waals surface area contributed by atoms with Crippen molar-refractivity contribution in [3.05, 3.63) is 0 Å². The molecule has 0 bridgehead atoms. The van der Waals surface area contributed by atoms with Gasteiger partial charge in [-0.1, -0.05) is 5.92 Å². The number of rotatable bonds is 1. The molecule has 1 aliphatic heterocycles. The lowest BCUT2D eigenvalue weighted by Crippen LogP contribution is -2.45. The minimum atomic E-state index is -1.56. The van der Waals surface area contributed by atoms with Crippen molar-refractivity contribution >= 4 is 7.85 Å². The minimum Gasteiger partial charge on any atom is -0.392 e. The van der Waals surface area contributed by atoms with E-state index in [2.05, 4.69) is 5.92 Å². The van der Waals surface area contributed by atoms with Crippen LogP contribution in [0.4, 0.5) is 0 Å². The quantitative estimate of drug-likeness (QED) is 0.301. The first kappa shape index (κ1) is 9.55. The summed E-state index contributed by atoms with van der Waals surface area (Å²) in [7, 11) is 5.26. The van der Waals surface area contributed by atoms with E-state index >= 15 is 0 Å². The van der Waals surface area contributed by atoms with Gasteiger partial charge in [-0.2, -0.15) is 0 Å². The monoisotopic (exact) mass is 168 g/mol. The average Bonchev–Trinajstić information content (AvgIpc) is 2.30. The van der Waals surface area contributed by atoms with E-state index in [-0.39, 0.29) is 0 Å². The van der Waals surface area contributed by atoms with Gasteiger partial charge in [-0.15, -0.1) is 6.42 Å². The van der Waals surface area contributed by atoms with Crippen molar-refractivity contribution in [1.29, 1.82) is 0 Å². The molecule has 3 N–H and O–H groups in total. The summed E-state index contributed by atoms with van der Waals surface area (Å²) < 4.78 is 4.86. The number of terminal acetylenes is 1. The SMILES string of the molecule is [B][C@@H]1O[C@](C#C)(CO)[C@@H](O)[C@@H]1O. The van der Waals surface area contributed by atoms with Gasteiger partial charge >= 0.3 is 0 Å². The van der Waals surface area contributed by atoms with Gasteiger partial charge in [0.05, 0.1) is 6.61 Å². The zero-order valence-corrected chi connectivity index (χ0v) is 6.34. The van der Waals surface area contributed by atoms with Crippen molar-refractivity contribution in [3.8, 4) is 12.3 Å². The van der Waals surface area contributed by atoms with Gasteiger partial charge in [0.2, 0.25) is 0 Å². The summed E-state index contributed by atoms with van der Waals surface area (Å²) in [6, 6.07) is -1.05. The summed E-state index contributed by atoms with van der Waals surface area (Å²) in [5.74, 6) is 2.08. The zero-order chi connectivity index (χ0) is 9.35. The molecule has 4 atom stereocenters. The molecule has 4 nitrogen and oxygen atoms in total. The number of aliphatic hydroxyl groups excluding tert-OH is 3. The Morgan fingerprint density at radius 1 is 1.58 bits per heavy atom. The highest BCUT2D eigenvalue weighted by Crippen LogP contribution is 2.28. The van der Waals surface area contributed by atoms with E-state index in [4.69, 9.17) is 29.2 Å². The maximum absolute atomic E-state index is 9.32. The summed E-state index contributed by atoms with van der Waals surface area (Å²) in [6.07, 6.45) is 2.43. The van der Waals surface area contributed by atoms with Crippen LogP contribution in [0.25, 0.3) is 0 Å². The van der Waals surface area contributed by atoms with E-state index in [9.17, 15) is 5.11 Å². The standard InChI is InChI=1S/C7H9BO4/c1-2-7(3-9)5(11)4(10)6(8)12-7/h1,4-6,9-11H,3H2/t4-,5-,6+,7+/m0/s1. The molecule has 0 aromatic rings. The summed E-state index contributed by atoms with van der Waals surface area (Å²) >= 11 is 0. The summed E-state index contributed by atoms with van der Waals surface area (Å²) in [5.41, 5.74) is -1.56. The summed E-state index contributed by atoms with van der Waals surface area (Å²) in [5, 5.41) is 27.3. The fourth-order valence-electron chi connectivity index (χ4n) is 1.13. The number of ether oxygens (including phenoxy) is 1. The van der Waals surface area contributed by atoms with Crippen LogP contribution in [0.3, 0.4) is 0 Å². The van der Waals surface area contributed by atoms with Gasteiger partial charge < -0.3 is 20.1 Å². The van der Waals surface area contributed by atoms with Gasteiger partial charge in [-0.3, -0.25) is 0 Å². The van der Waals surface area contributed by atoms with Crippen molar-refractivity contribution in [2.24, 2.45) is 0 Å². The molecule has 1 heterocycles. The topological polar surface area (TPSA) is 69.9 Å². The van der Waals surface area contributed by atoms with Crippen LogP contribution in [0.1, 0.15) is 0 Å². The molecule has 0 spiro atoms. The van der Waals surface area contributed by atoms with Crippen molar-refractivity contribution in [2.45, 2.75) is 23.8 Å². The highest BCUT2D eigenvalue weighted by Gasteiger charge is 2.50. The highest BCUT2D eigenvalue weighted by molar-refractivity contribution is 6.11. The van der Waals surface area contributed by atoms with Crippen molar-refractivity contribution in [2.75, 3.05) is 6.61 Å². The van der Waals surface area contributed by atoms with Gasteiger partial charge in [0.1, 0.15) is 20.1 Å². The lowest BCUT2D eigenvalue weighted by atomic mass is 9.90. The minimum absolute atomic E-state index is 0.574. The zero-order valence-electron chi connectivity index (χ0n) is 6.34. The molecule has 1 fully saturated rings. The van der Waals surface area contributed by atoms with Gasteiger partial charge in [0, 0.05) is 6.00 Å². The van der Waals surface area contributed by atoms with Crippen molar-refractivity contribution in [3.63, 3.8) is 0 Å². The lowest BCUT2D eigenvalue weighted by molar-refractivity contribution is -0.0585. The van der Waals surface area contributed by atoms with Crippen molar-refractivity contribution in [1.82, 2.24) is 0 Å². The largest absolute Gasteiger partial charge is 0.392 e. The Bertz CT molecular complexity index is 214. The third-order valence-corrected chi connectivity index (χ3v) is 1.96. The molecule has 0 aromatic heterocycles. The molecule has 0 saturated carbocycles. The molecule has 64 valence electrons. The van der Waals surface area contributed by atoms with Crippen LogP contribution in [0.15, 0.2) is 0 Å². The maximum atomic E-state index is 9.32. The Balaban J connectivity index is 2.89. The Kier molecular flexibility index (Phi) is 2.45. The predicted molar refractivity (Wildman–Crippen MR) is 41.3 cm³/mol. The molecule has 2 radical (unpaired) electrons. The molecule has 0 amide bonds. The molecule has 0 aromatic carbocycles. The van der Waals surface area contributed by atoms with Crippen LogP contribution in [-0.4, -0.2) is 53.6 Å². The van der Waals surface area contributed by atoms with Crippen LogP contribution >= 0.6 is 0 Å². The first-order chi connectivity index (χ1) is 5.57. The Labute approximate surface area is 71.6 Å². The molecule has 1 saturated heterocycles. The van der Waals surface area contributed by atoms with Crippen LogP contribution in [0.2, 0.25) is 0 Å². The predicted octanol–water partition coefficient (Wildman–Crippen LogP) is -2.40. The third-order valence-electron chi connectivity index (χ3n) is 1.96. The first-order valence-corrected chi connectivity index (χ1v) is 3.45. The molecule has 1 rings (SSSR count). The smallest absolute Gasteiger partial charge is 0.178 e. The molecule has 5 heteroatoms. The normalized spacial score (nSPS) is 47.3. The molecular weight excluding hydrogens is 159 g/mol. The van der Waals surface area contributed by atoms with E-state index in [0.717, 1.165) is 0 Å². The van der Waals surface area contributed by atoms with E-state index in [1.165, 1.54) is 0 Å². The van der Waals surface area contributed by atoms with Gasteiger partial charge in [-0.25, -0.2) is 0 Å². The molecule has 0 unspecified atom stereocenters. The Hall–Kier alpha value is -0.535. The van der Waals surface area contributed by atoms with Crippen molar-refractivity contribution < 1.29 is 20.1 Å². The van der Waals surface area contributed by atoms with Crippen LogP contribution in [0.5, 0.6) is 0 Å². The van der Waals surface area contributed by atoms with Gasteiger partial charge in [0.15, 0.2) is 5.60 Å². The van der Waals surface area contributed by atoms with Crippen LogP contribution < -0.4 is 0 Å². The van der Waals surface area contributed by atoms with E-state index in [1.807, 2.05) is 0 Å². The molecule has 0 aliphatic carbocycles. The number of aliphatic hydroxyl groups is 3. The Morgan fingerprint density at radius 2 is 2.17 bits per heavy atom. The fraction of sp³-hybridized carbons (Fsp3) is 0.714. The summed E-state index contributed by atoms with van der Waals surface area (Å²) in [4.78, 5) is 0. The van der Waals surface area contributed by atoms with Gasteiger partial charge in [0.25, 0.3) is 0 Å². The van der Waals surface area contributed by atoms with Gasteiger partial charge in [-0.05, 0) is 0 Å². The van der Waals surface area contributed by atoms with Crippen LogP contribution in [-0.2, 0) is 4.74 Å². The second-order valence-electron chi connectivity index (χ2n) is 2.71. The third kappa shape index (κ3) is 1.13. The van der Waals surface area contributed by atoms with E-state index in [0.29, 0.717) is 0 Å². The second kappa shape index (κ2) is 3.07. The Morgan fingerprint density at radius 3 is 2.33 bits per heavy atom. The lowest BCUT2D eigenvalue weighted by Gasteiger charge is -2.23. The molecule has 1 aliphatic rings.